The molecule has 5 nitrogen and oxygen atoms in total. The van der Waals surface area contributed by atoms with Crippen molar-refractivity contribution in [3.63, 3.8) is 0 Å². The molecule has 5 heteroatoms. The molecule has 0 spiro atoms. The summed E-state index contributed by atoms with van der Waals surface area (Å²) in [7, 11) is 0. The standard InChI is InChI=1S/C12H11N3O2/c13-11-5-4-9(7-12(11)14)8-2-1-3-10(6-8)15(16)17/h1-7H,13-14H2. The summed E-state index contributed by atoms with van der Waals surface area (Å²) < 4.78 is 0. The molecule has 0 saturated heterocycles. The maximum absolute atomic E-state index is 10.7. The SMILES string of the molecule is Nc1ccc(-c2cccc([N+](=O)[O-])c2)cc1N. The third kappa shape index (κ3) is 2.17. The number of anilines is 2. The molecule has 4 N–H and O–H groups in total. The number of nitrogen functional groups attached to an aromatic ring is 2. The zero-order valence-corrected chi connectivity index (χ0v) is 8.96. The van der Waals surface area contributed by atoms with Crippen LogP contribution in [0.1, 0.15) is 0 Å². The number of benzene rings is 2. The Morgan fingerprint density at radius 2 is 1.65 bits per heavy atom. The van der Waals surface area contributed by atoms with Gasteiger partial charge in [-0.3, -0.25) is 10.1 Å². The van der Waals surface area contributed by atoms with Gasteiger partial charge in [0.2, 0.25) is 0 Å². The maximum atomic E-state index is 10.7. The first kappa shape index (κ1) is 10.9. The second-order valence-corrected chi connectivity index (χ2v) is 3.65. The highest BCUT2D eigenvalue weighted by atomic mass is 16.6. The monoisotopic (exact) mass is 229 g/mol. The Morgan fingerprint density at radius 1 is 0.941 bits per heavy atom. The molecule has 86 valence electrons. The number of nitro benzene ring substituents is 1. The van der Waals surface area contributed by atoms with Crippen LogP contribution >= 0.6 is 0 Å². The summed E-state index contributed by atoms with van der Waals surface area (Å²) in [4.78, 5) is 10.2. The average Bonchev–Trinajstić information content (AvgIpc) is 2.33. The van der Waals surface area contributed by atoms with E-state index < -0.39 is 4.92 Å². The lowest BCUT2D eigenvalue weighted by Gasteiger charge is -2.05. The lowest BCUT2D eigenvalue weighted by atomic mass is 10.0. The Hall–Kier alpha value is -2.56. The van der Waals surface area contributed by atoms with Crippen molar-refractivity contribution in [1.29, 1.82) is 0 Å². The molecular weight excluding hydrogens is 218 g/mol. The Bertz CT molecular complexity index is 582. The zero-order chi connectivity index (χ0) is 12.4. The van der Waals surface area contributed by atoms with Crippen LogP contribution in [0.2, 0.25) is 0 Å². The van der Waals surface area contributed by atoms with Crippen molar-refractivity contribution in [2.45, 2.75) is 0 Å². The van der Waals surface area contributed by atoms with E-state index in [-0.39, 0.29) is 5.69 Å². The quantitative estimate of drug-likeness (QED) is 0.469. The summed E-state index contributed by atoms with van der Waals surface area (Å²) in [6.07, 6.45) is 0. The normalized spacial score (nSPS) is 10.1. The third-order valence-corrected chi connectivity index (χ3v) is 2.48. The van der Waals surface area contributed by atoms with Crippen molar-refractivity contribution in [3.8, 4) is 11.1 Å². The van der Waals surface area contributed by atoms with Gasteiger partial charge in [-0.15, -0.1) is 0 Å². The van der Waals surface area contributed by atoms with E-state index in [1.165, 1.54) is 12.1 Å². The first-order chi connectivity index (χ1) is 8.08. The Balaban J connectivity index is 2.49. The summed E-state index contributed by atoms with van der Waals surface area (Å²) >= 11 is 0. The Labute approximate surface area is 97.8 Å². The summed E-state index contributed by atoms with van der Waals surface area (Å²) in [5.74, 6) is 0. The molecule has 0 bridgehead atoms. The van der Waals surface area contributed by atoms with Crippen molar-refractivity contribution in [2.24, 2.45) is 0 Å². The molecule has 0 aliphatic carbocycles. The Morgan fingerprint density at radius 3 is 2.29 bits per heavy atom. The highest BCUT2D eigenvalue weighted by molar-refractivity contribution is 5.75. The molecule has 0 aliphatic heterocycles. The van der Waals surface area contributed by atoms with Crippen molar-refractivity contribution in [2.75, 3.05) is 11.5 Å². The minimum Gasteiger partial charge on any atom is -0.397 e. The van der Waals surface area contributed by atoms with Crippen LogP contribution in [0.25, 0.3) is 11.1 Å². The van der Waals surface area contributed by atoms with Gasteiger partial charge in [-0.05, 0) is 23.3 Å². The smallest absolute Gasteiger partial charge is 0.270 e. The average molecular weight is 229 g/mol. The summed E-state index contributed by atoms with van der Waals surface area (Å²) in [5, 5.41) is 10.7. The fourth-order valence-corrected chi connectivity index (χ4v) is 1.55. The van der Waals surface area contributed by atoms with Crippen LogP contribution in [0.15, 0.2) is 42.5 Å². The molecule has 2 aromatic carbocycles. The highest BCUT2D eigenvalue weighted by Gasteiger charge is 2.07. The van der Waals surface area contributed by atoms with Gasteiger partial charge in [0.15, 0.2) is 0 Å². The van der Waals surface area contributed by atoms with Gasteiger partial charge in [-0.25, -0.2) is 0 Å². The van der Waals surface area contributed by atoms with Crippen LogP contribution in [0, 0.1) is 10.1 Å². The van der Waals surface area contributed by atoms with Gasteiger partial charge in [0.1, 0.15) is 0 Å². The molecule has 17 heavy (non-hydrogen) atoms. The van der Waals surface area contributed by atoms with Crippen molar-refractivity contribution in [3.05, 3.63) is 52.6 Å². The topological polar surface area (TPSA) is 95.2 Å². The van der Waals surface area contributed by atoms with E-state index in [0.29, 0.717) is 11.4 Å². The second kappa shape index (κ2) is 4.13. The zero-order valence-electron chi connectivity index (χ0n) is 8.96. The van der Waals surface area contributed by atoms with Gasteiger partial charge in [0, 0.05) is 12.1 Å². The van der Waals surface area contributed by atoms with Crippen LogP contribution < -0.4 is 11.5 Å². The summed E-state index contributed by atoms with van der Waals surface area (Å²) in [5.41, 5.74) is 13.9. The number of rotatable bonds is 2. The van der Waals surface area contributed by atoms with Crippen LogP contribution in [0.5, 0.6) is 0 Å². The minimum absolute atomic E-state index is 0.0536. The molecule has 0 aromatic heterocycles. The van der Waals surface area contributed by atoms with Gasteiger partial charge in [0.05, 0.1) is 16.3 Å². The molecule has 0 radical (unpaired) electrons. The molecule has 0 atom stereocenters. The predicted octanol–water partition coefficient (Wildman–Crippen LogP) is 2.43. The van der Waals surface area contributed by atoms with Gasteiger partial charge in [0.25, 0.3) is 5.69 Å². The van der Waals surface area contributed by atoms with Crippen molar-refractivity contribution < 1.29 is 4.92 Å². The predicted molar refractivity (Wildman–Crippen MR) is 67.4 cm³/mol. The van der Waals surface area contributed by atoms with Crippen molar-refractivity contribution >= 4 is 17.1 Å². The van der Waals surface area contributed by atoms with E-state index in [1.54, 1.807) is 30.3 Å². The van der Waals surface area contributed by atoms with Crippen LogP contribution in [-0.4, -0.2) is 4.92 Å². The first-order valence-corrected chi connectivity index (χ1v) is 4.98. The van der Waals surface area contributed by atoms with Crippen molar-refractivity contribution in [1.82, 2.24) is 0 Å². The second-order valence-electron chi connectivity index (χ2n) is 3.65. The van der Waals surface area contributed by atoms with E-state index in [4.69, 9.17) is 11.5 Å². The van der Waals surface area contributed by atoms with E-state index >= 15 is 0 Å². The highest BCUT2D eigenvalue weighted by Crippen LogP contribution is 2.27. The minimum atomic E-state index is -0.426. The van der Waals surface area contributed by atoms with E-state index in [9.17, 15) is 10.1 Å². The molecule has 0 fully saturated rings. The molecule has 0 amide bonds. The molecule has 2 aromatic rings. The molecule has 0 saturated carbocycles. The number of hydrogen-bond acceptors (Lipinski definition) is 4. The summed E-state index contributed by atoms with van der Waals surface area (Å²) in [6.45, 7) is 0. The van der Waals surface area contributed by atoms with E-state index in [1.807, 2.05) is 0 Å². The molecule has 0 unspecified atom stereocenters. The molecule has 2 rings (SSSR count). The number of nitro groups is 1. The van der Waals surface area contributed by atoms with Gasteiger partial charge in [-0.1, -0.05) is 18.2 Å². The largest absolute Gasteiger partial charge is 0.397 e. The lowest BCUT2D eigenvalue weighted by molar-refractivity contribution is -0.384. The lowest BCUT2D eigenvalue weighted by Crippen LogP contribution is -1.94. The summed E-state index contributed by atoms with van der Waals surface area (Å²) in [6, 6.07) is 11.6. The number of nitrogens with two attached hydrogens (primary N) is 2. The van der Waals surface area contributed by atoms with Crippen LogP contribution in [0.3, 0.4) is 0 Å². The van der Waals surface area contributed by atoms with E-state index in [2.05, 4.69) is 0 Å². The number of hydrogen-bond donors (Lipinski definition) is 2. The fourth-order valence-electron chi connectivity index (χ4n) is 1.55. The Kier molecular flexibility index (Phi) is 2.66. The van der Waals surface area contributed by atoms with Gasteiger partial charge >= 0.3 is 0 Å². The first-order valence-electron chi connectivity index (χ1n) is 4.98. The van der Waals surface area contributed by atoms with E-state index in [0.717, 1.165) is 11.1 Å². The molecular formula is C12H11N3O2. The van der Waals surface area contributed by atoms with Gasteiger partial charge in [-0.2, -0.15) is 0 Å². The van der Waals surface area contributed by atoms with Crippen LogP contribution in [-0.2, 0) is 0 Å². The van der Waals surface area contributed by atoms with Gasteiger partial charge < -0.3 is 11.5 Å². The number of non-ortho nitro benzene ring substituents is 1. The maximum Gasteiger partial charge on any atom is 0.270 e. The fraction of sp³-hybridized carbons (Fsp3) is 0. The molecule has 0 heterocycles. The molecule has 0 aliphatic rings. The third-order valence-electron chi connectivity index (χ3n) is 2.48. The number of nitrogens with zero attached hydrogens (tertiary/aromatic N) is 1. The van der Waals surface area contributed by atoms with Crippen LogP contribution in [0.4, 0.5) is 17.1 Å².